The second kappa shape index (κ2) is 3.96. The molecule has 78 valence electrons. The molecule has 0 unspecified atom stereocenters. The maximum absolute atomic E-state index is 10.8. The third-order valence-electron chi connectivity index (χ3n) is 2.27. The summed E-state index contributed by atoms with van der Waals surface area (Å²) in [5.74, 6) is 0. The van der Waals surface area contributed by atoms with Gasteiger partial charge in [0.25, 0.3) is 5.69 Å². The first kappa shape index (κ1) is 11.0. The highest BCUT2D eigenvalue weighted by Gasteiger charge is 2.21. The average molecular weight is 206 g/mol. The Labute approximate surface area is 86.9 Å². The molecule has 0 aliphatic heterocycles. The van der Waals surface area contributed by atoms with Crippen molar-refractivity contribution in [2.75, 3.05) is 0 Å². The van der Waals surface area contributed by atoms with E-state index in [0.29, 0.717) is 16.7 Å². The number of benzene rings is 1. The molecule has 0 saturated carbocycles. The zero-order valence-corrected chi connectivity index (χ0v) is 8.70. The Balaban J connectivity index is 3.61. The molecule has 0 fully saturated rings. The van der Waals surface area contributed by atoms with Crippen molar-refractivity contribution < 1.29 is 4.92 Å². The highest BCUT2D eigenvalue weighted by Crippen LogP contribution is 2.28. The van der Waals surface area contributed by atoms with Crippen LogP contribution in [-0.2, 0) is 0 Å². The molecule has 5 nitrogen and oxygen atoms in total. The quantitative estimate of drug-likeness (QED) is 0.523. The monoisotopic (exact) mass is 206 g/mol. The van der Waals surface area contributed by atoms with Crippen LogP contribution in [0.3, 0.4) is 0 Å². The van der Waals surface area contributed by atoms with E-state index < -0.39 is 4.92 Å². The zero-order valence-electron chi connectivity index (χ0n) is 8.70. The van der Waals surface area contributed by atoms with Crippen molar-refractivity contribution in [1.82, 2.24) is 0 Å². The van der Waals surface area contributed by atoms with E-state index in [4.69, 9.17) is 0 Å². The molecule has 0 saturated heterocycles. The molecule has 0 atom stereocenters. The molecule has 1 aromatic carbocycles. The van der Waals surface area contributed by atoms with Crippen LogP contribution in [0.2, 0.25) is 0 Å². The molecule has 1 rings (SSSR count). The van der Waals surface area contributed by atoms with Gasteiger partial charge in [-0.1, -0.05) is 0 Å². The summed E-state index contributed by atoms with van der Waals surface area (Å²) >= 11 is 0. The van der Waals surface area contributed by atoms with Gasteiger partial charge in [0.2, 0.25) is 0 Å². The highest BCUT2D eigenvalue weighted by atomic mass is 16.6. The van der Waals surface area contributed by atoms with Crippen LogP contribution in [0.1, 0.15) is 22.3 Å². The number of nitro benzene ring substituents is 1. The fourth-order valence-electron chi connectivity index (χ4n) is 1.67. The normalized spacial score (nSPS) is 9.27. The molecule has 5 heteroatoms. The number of rotatable bonds is 1. The first-order valence-corrected chi connectivity index (χ1v) is 4.32. The van der Waals surface area contributed by atoms with Gasteiger partial charge in [-0.05, 0) is 32.4 Å². The third kappa shape index (κ3) is 1.89. The summed E-state index contributed by atoms with van der Waals surface area (Å²) in [5, 5.41) is 23.4. The zero-order chi connectivity index (χ0) is 11.6. The second-order valence-corrected chi connectivity index (χ2v) is 3.32. The third-order valence-corrected chi connectivity index (χ3v) is 2.27. The van der Waals surface area contributed by atoms with E-state index >= 15 is 0 Å². The second-order valence-electron chi connectivity index (χ2n) is 3.32. The Morgan fingerprint density at radius 3 is 2.40 bits per heavy atom. The van der Waals surface area contributed by atoms with Crippen LogP contribution in [-0.4, -0.2) is 4.92 Å². The van der Waals surface area contributed by atoms with Gasteiger partial charge in [-0.25, -0.2) is 0 Å². The summed E-state index contributed by atoms with van der Waals surface area (Å²) in [5.41, 5.74) is 2.19. The maximum atomic E-state index is 10.8. The topological polar surface area (TPSA) is 70.6 Å². The molecule has 0 aliphatic rings. The van der Waals surface area contributed by atoms with Crippen molar-refractivity contribution in [1.29, 1.82) is 0 Å². The van der Waals surface area contributed by atoms with Gasteiger partial charge in [0, 0.05) is 16.1 Å². The van der Waals surface area contributed by atoms with Gasteiger partial charge in [-0.3, -0.25) is 10.1 Å². The van der Waals surface area contributed by atoms with Gasteiger partial charge in [0.1, 0.15) is 5.56 Å². The van der Waals surface area contributed by atoms with E-state index in [-0.39, 0.29) is 5.69 Å². The summed E-state index contributed by atoms with van der Waals surface area (Å²) in [4.78, 5) is 10.3. The molecule has 0 N–H and O–H groups in total. The van der Waals surface area contributed by atoms with E-state index in [1.807, 2.05) is 0 Å². The van der Waals surface area contributed by atoms with E-state index in [0.717, 1.165) is 5.56 Å². The summed E-state index contributed by atoms with van der Waals surface area (Å²) < 4.78 is 0. The maximum Gasteiger partial charge on any atom is 0.337 e. The van der Waals surface area contributed by atoms with E-state index in [9.17, 15) is 15.3 Å². The predicted octanol–water partition coefficient (Wildman–Crippen LogP) is 2.70. The summed E-state index contributed by atoms with van der Waals surface area (Å²) in [6.45, 7) is 5.01. The molecule has 0 aromatic heterocycles. The summed E-state index contributed by atoms with van der Waals surface area (Å²) in [6.07, 6.45) is 0. The molecular weight excluding hydrogens is 196 g/mol. The lowest BCUT2D eigenvalue weighted by atomic mass is 9.98. The number of hydrogen-bond acceptors (Lipinski definition) is 3. The molecule has 15 heavy (non-hydrogen) atoms. The summed E-state index contributed by atoms with van der Waals surface area (Å²) in [7, 11) is 0. The van der Waals surface area contributed by atoms with Gasteiger partial charge in [0.05, 0.1) is 4.92 Å². The van der Waals surface area contributed by atoms with Crippen LogP contribution in [0.15, 0.2) is 6.07 Å². The number of nitro groups is 1. The van der Waals surface area contributed by atoms with Crippen molar-refractivity contribution >= 4 is 5.69 Å². The fraction of sp³-hybridized carbons (Fsp3) is 0.300. The fourth-order valence-corrected chi connectivity index (χ4v) is 1.67. The number of nitrogens with zero attached hydrogens (tertiary/aromatic N) is 2. The lowest BCUT2D eigenvalue weighted by Gasteiger charge is -2.04. The van der Waals surface area contributed by atoms with Crippen LogP contribution in [0.4, 0.5) is 5.69 Å². The Morgan fingerprint density at radius 1 is 1.33 bits per heavy atom. The first-order valence-electron chi connectivity index (χ1n) is 4.32. The molecule has 0 heterocycles. The van der Waals surface area contributed by atoms with Crippen molar-refractivity contribution in [2.45, 2.75) is 20.8 Å². The molecule has 0 bridgehead atoms. The molecule has 0 spiro atoms. The SMILES string of the molecule is Cc1cc(C)c([N+](=O)[O-])c(C)c1C#[N+][O-]. The molecule has 0 amide bonds. The van der Waals surface area contributed by atoms with Gasteiger partial charge < -0.3 is 5.21 Å². The minimum Gasteiger partial charge on any atom is -0.498 e. The van der Waals surface area contributed by atoms with Crippen LogP contribution in [0.25, 0.3) is 5.01 Å². The number of aryl methyl sites for hydroxylation is 2. The van der Waals surface area contributed by atoms with E-state index in [2.05, 4.69) is 11.1 Å². The lowest BCUT2D eigenvalue weighted by molar-refractivity contribution is -0.386. The van der Waals surface area contributed by atoms with Crippen molar-refractivity contribution in [3.8, 4) is 6.07 Å². The van der Waals surface area contributed by atoms with E-state index in [1.165, 1.54) is 0 Å². The Morgan fingerprint density at radius 2 is 1.93 bits per heavy atom. The van der Waals surface area contributed by atoms with Gasteiger partial charge >= 0.3 is 6.07 Å². The Bertz CT molecular complexity index is 484. The largest absolute Gasteiger partial charge is 0.498 e. The van der Waals surface area contributed by atoms with Gasteiger partial charge in [-0.2, -0.15) is 0 Å². The van der Waals surface area contributed by atoms with Crippen molar-refractivity contribution in [3.05, 3.63) is 48.7 Å². The Hall–Kier alpha value is -2.09. The van der Waals surface area contributed by atoms with E-state index in [1.54, 1.807) is 26.8 Å². The molecule has 1 aromatic rings. The first-order chi connectivity index (χ1) is 6.99. The lowest BCUT2D eigenvalue weighted by Crippen LogP contribution is -1.99. The van der Waals surface area contributed by atoms with Crippen LogP contribution in [0.5, 0.6) is 0 Å². The van der Waals surface area contributed by atoms with Gasteiger partial charge in [0.15, 0.2) is 0 Å². The summed E-state index contributed by atoms with van der Waals surface area (Å²) in [6, 6.07) is 3.88. The Kier molecular flexibility index (Phi) is 2.90. The van der Waals surface area contributed by atoms with Crippen molar-refractivity contribution in [2.24, 2.45) is 0 Å². The van der Waals surface area contributed by atoms with Crippen LogP contribution < -0.4 is 0 Å². The molecule has 0 radical (unpaired) electrons. The predicted molar refractivity (Wildman–Crippen MR) is 57.0 cm³/mol. The van der Waals surface area contributed by atoms with Gasteiger partial charge in [-0.15, -0.1) is 0 Å². The van der Waals surface area contributed by atoms with Crippen LogP contribution in [0, 0.1) is 42.2 Å². The minimum absolute atomic E-state index is 0.0201. The van der Waals surface area contributed by atoms with Crippen molar-refractivity contribution in [3.63, 3.8) is 0 Å². The average Bonchev–Trinajstić information content (AvgIpc) is 2.11. The highest BCUT2D eigenvalue weighted by molar-refractivity contribution is 5.58. The minimum atomic E-state index is -0.458. The molecular formula is C10H10N2O3. The molecule has 0 aliphatic carbocycles. The standard InChI is InChI=1S/C10H10N2O3/c1-6-4-7(2)10(12(14)15)8(3)9(6)5-11-13/h4H,1-3H3. The smallest absolute Gasteiger partial charge is 0.337 e. The van der Waals surface area contributed by atoms with Crippen LogP contribution >= 0.6 is 0 Å². The number of hydrogen-bond donors (Lipinski definition) is 0.